The maximum Gasteiger partial charge on any atom is 0.410 e. The number of rotatable bonds is 1. The highest BCUT2D eigenvalue weighted by atomic mass is 19.4. The average Bonchev–Trinajstić information content (AvgIpc) is 2.31. The van der Waals surface area contributed by atoms with Crippen LogP contribution in [0, 0.1) is 4.91 Å². The third-order valence-electron chi connectivity index (χ3n) is 1.71. The Morgan fingerprint density at radius 3 is 2.45 bits per heavy atom. The lowest BCUT2D eigenvalue weighted by Gasteiger charge is -2.20. The SMILES string of the molecule is O=NN1CCC[C@@H]1C(F)(F)F. The normalized spacial score (nSPS) is 25.7. The standard InChI is InChI=1S/C5H7F3N2O/c6-5(7,8)4-2-1-3-10(4)9-11/h4H,1-3H2/t4-/m1/s1. The number of halogens is 3. The molecular weight excluding hydrogens is 161 g/mol. The van der Waals surface area contributed by atoms with E-state index in [4.69, 9.17) is 0 Å². The summed E-state index contributed by atoms with van der Waals surface area (Å²) in [6.07, 6.45) is -3.95. The van der Waals surface area contributed by atoms with Crippen molar-refractivity contribution in [2.75, 3.05) is 6.54 Å². The van der Waals surface area contributed by atoms with Gasteiger partial charge < -0.3 is 0 Å². The Morgan fingerprint density at radius 1 is 1.45 bits per heavy atom. The Bertz CT molecular complexity index is 158. The van der Waals surface area contributed by atoms with Crippen molar-refractivity contribution in [3.8, 4) is 0 Å². The van der Waals surface area contributed by atoms with Gasteiger partial charge in [-0.1, -0.05) is 0 Å². The molecule has 0 aliphatic carbocycles. The fraction of sp³-hybridized carbons (Fsp3) is 1.00. The second-order valence-corrected chi connectivity index (χ2v) is 2.44. The van der Waals surface area contributed by atoms with Crippen molar-refractivity contribution < 1.29 is 13.2 Å². The van der Waals surface area contributed by atoms with E-state index in [0.717, 1.165) is 0 Å². The van der Waals surface area contributed by atoms with Gasteiger partial charge in [-0.25, -0.2) is 5.01 Å². The van der Waals surface area contributed by atoms with Crippen LogP contribution in [0.2, 0.25) is 0 Å². The summed E-state index contributed by atoms with van der Waals surface area (Å²) in [6.45, 7) is 0.119. The van der Waals surface area contributed by atoms with E-state index in [0.29, 0.717) is 11.4 Å². The third-order valence-corrected chi connectivity index (χ3v) is 1.71. The van der Waals surface area contributed by atoms with Crippen molar-refractivity contribution in [1.82, 2.24) is 5.01 Å². The Labute approximate surface area is 61.1 Å². The van der Waals surface area contributed by atoms with Gasteiger partial charge >= 0.3 is 6.18 Å². The van der Waals surface area contributed by atoms with Gasteiger partial charge in [0.05, 0.1) is 5.29 Å². The molecule has 1 fully saturated rings. The Balaban J connectivity index is 2.63. The second-order valence-electron chi connectivity index (χ2n) is 2.44. The molecule has 0 amide bonds. The summed E-state index contributed by atoms with van der Waals surface area (Å²) in [4.78, 5) is 9.84. The van der Waals surface area contributed by atoms with Crippen molar-refractivity contribution in [3.63, 3.8) is 0 Å². The fourth-order valence-corrected chi connectivity index (χ4v) is 1.18. The molecule has 3 nitrogen and oxygen atoms in total. The molecule has 0 saturated carbocycles. The first kappa shape index (κ1) is 8.29. The maximum absolute atomic E-state index is 12.0. The Kier molecular flexibility index (Phi) is 2.01. The molecular formula is C5H7F3N2O. The van der Waals surface area contributed by atoms with Gasteiger partial charge in [0, 0.05) is 6.54 Å². The first-order chi connectivity index (χ1) is 5.05. The van der Waals surface area contributed by atoms with Gasteiger partial charge in [-0.3, -0.25) is 0 Å². The molecule has 1 saturated heterocycles. The highest BCUT2D eigenvalue weighted by molar-refractivity contribution is 4.82. The predicted molar refractivity (Wildman–Crippen MR) is 31.6 cm³/mol. The zero-order valence-electron chi connectivity index (χ0n) is 5.64. The van der Waals surface area contributed by atoms with Gasteiger partial charge in [-0.2, -0.15) is 13.2 Å². The highest BCUT2D eigenvalue weighted by Crippen LogP contribution is 2.32. The topological polar surface area (TPSA) is 32.7 Å². The lowest BCUT2D eigenvalue weighted by Crippen LogP contribution is -2.37. The van der Waals surface area contributed by atoms with Gasteiger partial charge in [0.25, 0.3) is 0 Å². The number of hydrogen-bond donors (Lipinski definition) is 0. The van der Waals surface area contributed by atoms with Crippen LogP contribution in [0.15, 0.2) is 5.29 Å². The molecule has 1 atom stereocenters. The molecule has 1 aliphatic heterocycles. The van der Waals surface area contributed by atoms with Gasteiger partial charge in [0.2, 0.25) is 0 Å². The quantitative estimate of drug-likeness (QED) is 0.558. The molecule has 0 aromatic rings. The lowest BCUT2D eigenvalue weighted by atomic mass is 10.2. The summed E-state index contributed by atoms with van der Waals surface area (Å²) in [5, 5.41) is 2.85. The van der Waals surface area contributed by atoms with Crippen LogP contribution in [0.1, 0.15) is 12.8 Å². The summed E-state index contributed by atoms with van der Waals surface area (Å²) in [6, 6.07) is -1.65. The molecule has 1 rings (SSSR count). The van der Waals surface area contributed by atoms with E-state index in [-0.39, 0.29) is 13.0 Å². The third kappa shape index (κ3) is 1.61. The molecule has 0 spiro atoms. The molecule has 0 bridgehead atoms. The van der Waals surface area contributed by atoms with E-state index in [1.165, 1.54) is 0 Å². The zero-order chi connectivity index (χ0) is 8.48. The summed E-state index contributed by atoms with van der Waals surface area (Å²) in [5.74, 6) is 0. The zero-order valence-corrected chi connectivity index (χ0v) is 5.64. The van der Waals surface area contributed by atoms with Crippen molar-refractivity contribution in [1.29, 1.82) is 0 Å². The lowest BCUT2D eigenvalue weighted by molar-refractivity contribution is -0.176. The van der Waals surface area contributed by atoms with E-state index in [1.54, 1.807) is 0 Å². The van der Waals surface area contributed by atoms with Crippen LogP contribution in [-0.2, 0) is 0 Å². The van der Waals surface area contributed by atoms with Crippen LogP contribution in [0.5, 0.6) is 0 Å². The minimum atomic E-state index is -4.32. The first-order valence-electron chi connectivity index (χ1n) is 3.22. The van der Waals surface area contributed by atoms with E-state index < -0.39 is 12.2 Å². The summed E-state index contributed by atoms with van der Waals surface area (Å²) in [7, 11) is 0. The largest absolute Gasteiger partial charge is 0.410 e. The van der Waals surface area contributed by atoms with Crippen LogP contribution in [0.25, 0.3) is 0 Å². The maximum atomic E-state index is 12.0. The van der Waals surface area contributed by atoms with E-state index >= 15 is 0 Å². The van der Waals surface area contributed by atoms with E-state index in [9.17, 15) is 18.1 Å². The molecule has 11 heavy (non-hydrogen) atoms. The molecule has 6 heteroatoms. The summed E-state index contributed by atoms with van der Waals surface area (Å²) in [5.41, 5.74) is 0. The van der Waals surface area contributed by atoms with Crippen molar-refractivity contribution in [2.24, 2.45) is 5.29 Å². The molecule has 0 unspecified atom stereocenters. The predicted octanol–water partition coefficient (Wildman–Crippen LogP) is 1.69. The van der Waals surface area contributed by atoms with Crippen molar-refractivity contribution in [3.05, 3.63) is 4.91 Å². The average molecular weight is 168 g/mol. The van der Waals surface area contributed by atoms with E-state index in [2.05, 4.69) is 5.29 Å². The van der Waals surface area contributed by atoms with Crippen LogP contribution in [-0.4, -0.2) is 23.8 Å². The van der Waals surface area contributed by atoms with Crippen molar-refractivity contribution in [2.45, 2.75) is 25.1 Å². The first-order valence-corrected chi connectivity index (χ1v) is 3.22. The molecule has 1 aliphatic rings. The fourth-order valence-electron chi connectivity index (χ4n) is 1.18. The van der Waals surface area contributed by atoms with E-state index in [1.807, 2.05) is 0 Å². The molecule has 0 aromatic heterocycles. The molecule has 0 radical (unpaired) electrons. The second kappa shape index (κ2) is 2.67. The van der Waals surface area contributed by atoms with Gasteiger partial charge in [-0.05, 0) is 12.8 Å². The Morgan fingerprint density at radius 2 is 2.09 bits per heavy atom. The minimum Gasteiger partial charge on any atom is -0.249 e. The summed E-state index contributed by atoms with van der Waals surface area (Å²) >= 11 is 0. The number of alkyl halides is 3. The summed E-state index contributed by atoms with van der Waals surface area (Å²) < 4.78 is 35.9. The molecule has 64 valence electrons. The number of nitroso groups, excluding NO2 is 1. The van der Waals surface area contributed by atoms with Crippen LogP contribution >= 0.6 is 0 Å². The van der Waals surface area contributed by atoms with Gasteiger partial charge in [-0.15, -0.1) is 4.91 Å². The monoisotopic (exact) mass is 168 g/mol. The smallest absolute Gasteiger partial charge is 0.249 e. The number of hydrogen-bond acceptors (Lipinski definition) is 2. The van der Waals surface area contributed by atoms with Gasteiger partial charge in [0.15, 0.2) is 0 Å². The number of nitrogens with zero attached hydrogens (tertiary/aromatic N) is 2. The highest BCUT2D eigenvalue weighted by Gasteiger charge is 2.46. The van der Waals surface area contributed by atoms with Crippen LogP contribution in [0.4, 0.5) is 13.2 Å². The molecule has 1 heterocycles. The van der Waals surface area contributed by atoms with Gasteiger partial charge in [0.1, 0.15) is 6.04 Å². The van der Waals surface area contributed by atoms with Crippen molar-refractivity contribution >= 4 is 0 Å². The Hall–Kier alpha value is -0.810. The molecule has 0 N–H and O–H groups in total. The van der Waals surface area contributed by atoms with Crippen LogP contribution < -0.4 is 0 Å². The molecule has 0 aromatic carbocycles. The van der Waals surface area contributed by atoms with Crippen LogP contribution in [0.3, 0.4) is 0 Å². The minimum absolute atomic E-state index is 0.0186.